The van der Waals surface area contributed by atoms with Crippen LogP contribution in [0.1, 0.15) is 22.5 Å². The molecule has 2 aromatic rings. The lowest BCUT2D eigenvalue weighted by molar-refractivity contribution is -0.136. The Morgan fingerprint density at radius 3 is 2.67 bits per heavy atom. The molecule has 0 bridgehead atoms. The highest BCUT2D eigenvalue weighted by Gasteiger charge is 2.23. The highest BCUT2D eigenvalue weighted by Crippen LogP contribution is 2.25. The van der Waals surface area contributed by atoms with Gasteiger partial charge in [0.2, 0.25) is 0 Å². The van der Waals surface area contributed by atoms with E-state index in [1.807, 2.05) is 0 Å². The second-order valence-electron chi connectivity index (χ2n) is 4.46. The topological polar surface area (TPSA) is 110 Å². The van der Waals surface area contributed by atoms with Gasteiger partial charge in [-0.05, 0) is 19.1 Å². The zero-order chi connectivity index (χ0) is 15.4. The van der Waals surface area contributed by atoms with Crippen LogP contribution in [-0.2, 0) is 4.79 Å². The van der Waals surface area contributed by atoms with Crippen LogP contribution < -0.4 is 10.6 Å². The molecule has 0 aliphatic heterocycles. The van der Waals surface area contributed by atoms with Gasteiger partial charge in [0, 0.05) is 6.54 Å². The van der Waals surface area contributed by atoms with Crippen LogP contribution in [-0.4, -0.2) is 28.7 Å². The number of aliphatic carboxylic acids is 1. The van der Waals surface area contributed by atoms with Gasteiger partial charge in [-0.2, -0.15) is 0 Å². The van der Waals surface area contributed by atoms with Gasteiger partial charge in [-0.1, -0.05) is 17.3 Å². The predicted octanol–water partition coefficient (Wildman–Crippen LogP) is 1.69. The maximum Gasteiger partial charge on any atom is 0.305 e. The summed E-state index contributed by atoms with van der Waals surface area (Å²) in [5.41, 5.74) is 7.01. The fourth-order valence-electron chi connectivity index (χ4n) is 1.92. The molecule has 0 radical (unpaired) electrons. The second-order valence-corrected chi connectivity index (χ2v) is 4.46. The summed E-state index contributed by atoms with van der Waals surface area (Å²) in [5, 5.41) is 12.4. The maximum absolute atomic E-state index is 12.6. The third kappa shape index (κ3) is 3.19. The molecule has 0 saturated heterocycles. The molecule has 21 heavy (non-hydrogen) atoms. The standard InChI is InChI=1S/C14H15N3O4/c1-9-10(8-16-21-9)14(20)17(7-6-13(18)19)12-5-3-2-4-11(12)15/h2-5,8H,6-7,15H2,1H3,(H,18,19). The first-order valence-electron chi connectivity index (χ1n) is 6.30. The van der Waals surface area contributed by atoms with Crippen LogP contribution in [0.5, 0.6) is 0 Å². The molecule has 0 aliphatic carbocycles. The van der Waals surface area contributed by atoms with Gasteiger partial charge >= 0.3 is 5.97 Å². The fourth-order valence-corrected chi connectivity index (χ4v) is 1.92. The minimum Gasteiger partial charge on any atom is -0.481 e. The Bertz CT molecular complexity index is 666. The first-order valence-corrected chi connectivity index (χ1v) is 6.30. The molecule has 7 nitrogen and oxygen atoms in total. The van der Waals surface area contributed by atoms with E-state index in [1.54, 1.807) is 31.2 Å². The minimum absolute atomic E-state index is 0.00694. The number of rotatable bonds is 5. The van der Waals surface area contributed by atoms with E-state index in [2.05, 4.69) is 5.16 Å². The number of aryl methyl sites for hydroxylation is 1. The number of aromatic nitrogens is 1. The zero-order valence-electron chi connectivity index (χ0n) is 11.4. The summed E-state index contributed by atoms with van der Waals surface area (Å²) in [6, 6.07) is 6.78. The Kier molecular flexibility index (Phi) is 4.22. The lowest BCUT2D eigenvalue weighted by Crippen LogP contribution is -2.33. The molecule has 0 spiro atoms. The summed E-state index contributed by atoms with van der Waals surface area (Å²) >= 11 is 0. The van der Waals surface area contributed by atoms with Gasteiger partial charge in [-0.3, -0.25) is 9.59 Å². The largest absolute Gasteiger partial charge is 0.481 e. The number of nitrogens with zero attached hydrogens (tertiary/aromatic N) is 2. The fraction of sp³-hybridized carbons (Fsp3) is 0.214. The second kappa shape index (κ2) is 6.08. The Morgan fingerprint density at radius 1 is 1.38 bits per heavy atom. The van der Waals surface area contributed by atoms with Gasteiger partial charge in [0.25, 0.3) is 5.91 Å². The maximum atomic E-state index is 12.6. The van der Waals surface area contributed by atoms with Gasteiger partial charge in [-0.15, -0.1) is 0 Å². The van der Waals surface area contributed by atoms with Crippen molar-refractivity contribution >= 4 is 23.3 Å². The SMILES string of the molecule is Cc1oncc1C(=O)N(CCC(=O)O)c1ccccc1N. The normalized spacial score (nSPS) is 10.3. The molecular weight excluding hydrogens is 274 g/mol. The van der Waals surface area contributed by atoms with Gasteiger partial charge < -0.3 is 20.3 Å². The number of hydrogen-bond acceptors (Lipinski definition) is 5. The van der Waals surface area contributed by atoms with E-state index < -0.39 is 11.9 Å². The molecular formula is C14H15N3O4. The molecule has 1 aromatic heterocycles. The summed E-state index contributed by atoms with van der Waals surface area (Å²) in [7, 11) is 0. The first kappa shape index (κ1) is 14.6. The summed E-state index contributed by atoms with van der Waals surface area (Å²) in [6.45, 7) is 1.62. The monoisotopic (exact) mass is 289 g/mol. The highest BCUT2D eigenvalue weighted by atomic mass is 16.5. The van der Waals surface area contributed by atoms with E-state index in [0.717, 1.165) is 0 Å². The van der Waals surface area contributed by atoms with Crippen LogP contribution in [0.3, 0.4) is 0 Å². The molecule has 1 heterocycles. The molecule has 0 aliphatic rings. The van der Waals surface area contributed by atoms with Crippen molar-refractivity contribution in [3.05, 3.63) is 41.8 Å². The van der Waals surface area contributed by atoms with Crippen LogP contribution in [0.15, 0.2) is 35.0 Å². The van der Waals surface area contributed by atoms with Crippen molar-refractivity contribution in [2.24, 2.45) is 0 Å². The number of carboxylic acids is 1. The van der Waals surface area contributed by atoms with Crippen molar-refractivity contribution in [3.8, 4) is 0 Å². The third-order valence-corrected chi connectivity index (χ3v) is 3.00. The molecule has 0 atom stereocenters. The average Bonchev–Trinajstić information content (AvgIpc) is 2.86. The molecule has 0 saturated carbocycles. The first-order chi connectivity index (χ1) is 10.0. The van der Waals surface area contributed by atoms with Gasteiger partial charge in [-0.25, -0.2) is 0 Å². The van der Waals surface area contributed by atoms with E-state index in [4.69, 9.17) is 15.4 Å². The number of nitrogens with two attached hydrogens (primary N) is 1. The van der Waals surface area contributed by atoms with Crippen LogP contribution in [0.4, 0.5) is 11.4 Å². The van der Waals surface area contributed by atoms with E-state index in [1.165, 1.54) is 11.1 Å². The Labute approximate surface area is 120 Å². The summed E-state index contributed by atoms with van der Waals surface area (Å²) in [6.07, 6.45) is 1.12. The van der Waals surface area contributed by atoms with Crippen LogP contribution >= 0.6 is 0 Å². The van der Waals surface area contributed by atoms with E-state index in [9.17, 15) is 9.59 Å². The molecule has 3 N–H and O–H groups in total. The quantitative estimate of drug-likeness (QED) is 0.810. The number of carboxylic acid groups (broad SMARTS) is 1. The zero-order valence-corrected chi connectivity index (χ0v) is 11.4. The van der Waals surface area contributed by atoms with Crippen molar-refractivity contribution < 1.29 is 19.2 Å². The lowest BCUT2D eigenvalue weighted by Gasteiger charge is -2.23. The van der Waals surface area contributed by atoms with Crippen molar-refractivity contribution in [2.45, 2.75) is 13.3 Å². The van der Waals surface area contributed by atoms with Crippen LogP contribution in [0.25, 0.3) is 0 Å². The molecule has 110 valence electrons. The summed E-state index contributed by atoms with van der Waals surface area (Å²) < 4.78 is 4.88. The summed E-state index contributed by atoms with van der Waals surface area (Å²) in [5.74, 6) is -1.02. The van der Waals surface area contributed by atoms with Crippen molar-refractivity contribution in [3.63, 3.8) is 0 Å². The Balaban J connectivity index is 2.37. The van der Waals surface area contributed by atoms with E-state index in [0.29, 0.717) is 17.1 Å². The number of anilines is 2. The lowest BCUT2D eigenvalue weighted by atomic mass is 10.2. The number of carbonyl (C=O) groups excluding carboxylic acids is 1. The summed E-state index contributed by atoms with van der Waals surface area (Å²) in [4.78, 5) is 24.7. The van der Waals surface area contributed by atoms with Crippen molar-refractivity contribution in [1.29, 1.82) is 0 Å². The Morgan fingerprint density at radius 2 is 2.10 bits per heavy atom. The van der Waals surface area contributed by atoms with Crippen LogP contribution in [0.2, 0.25) is 0 Å². The van der Waals surface area contributed by atoms with Gasteiger partial charge in [0.05, 0.1) is 24.0 Å². The van der Waals surface area contributed by atoms with Gasteiger partial charge in [0.1, 0.15) is 11.3 Å². The van der Waals surface area contributed by atoms with E-state index >= 15 is 0 Å². The number of para-hydroxylation sites is 2. The smallest absolute Gasteiger partial charge is 0.305 e. The molecule has 0 fully saturated rings. The van der Waals surface area contributed by atoms with Crippen molar-refractivity contribution in [1.82, 2.24) is 5.16 Å². The Hall–Kier alpha value is -2.83. The van der Waals surface area contributed by atoms with Crippen LogP contribution in [0, 0.1) is 6.92 Å². The molecule has 0 unspecified atom stereocenters. The number of benzene rings is 1. The number of nitrogen functional groups attached to an aromatic ring is 1. The van der Waals surface area contributed by atoms with E-state index in [-0.39, 0.29) is 18.5 Å². The number of carbonyl (C=O) groups is 2. The minimum atomic E-state index is -0.996. The predicted molar refractivity (Wildman–Crippen MR) is 76.0 cm³/mol. The van der Waals surface area contributed by atoms with Crippen molar-refractivity contribution in [2.75, 3.05) is 17.2 Å². The third-order valence-electron chi connectivity index (χ3n) is 3.00. The molecule has 2 rings (SSSR count). The molecule has 7 heteroatoms. The molecule has 1 amide bonds. The number of amides is 1. The molecule has 1 aromatic carbocycles. The number of hydrogen-bond donors (Lipinski definition) is 2. The average molecular weight is 289 g/mol. The highest BCUT2D eigenvalue weighted by molar-refractivity contribution is 6.08. The van der Waals surface area contributed by atoms with Gasteiger partial charge in [0.15, 0.2) is 0 Å².